The lowest BCUT2D eigenvalue weighted by Crippen LogP contribution is -2.41. The van der Waals surface area contributed by atoms with E-state index in [9.17, 15) is 31.9 Å². The molecule has 11 heteroatoms. The number of rotatable bonds is 5. The third-order valence-corrected chi connectivity index (χ3v) is 4.89. The zero-order valence-electron chi connectivity index (χ0n) is 17.4. The Morgan fingerprint density at radius 2 is 1.76 bits per heavy atom. The number of carbonyl (C=O) groups is 2. The number of para-hydroxylation sites is 1. The van der Waals surface area contributed by atoms with Gasteiger partial charge in [-0.15, -0.1) is 0 Å². The van der Waals surface area contributed by atoms with Gasteiger partial charge in [-0.3, -0.25) is 14.4 Å². The number of nitrogens with two attached hydrogens (primary N) is 1. The average molecular weight is 462 g/mol. The molecular weight excluding hydrogens is 444 g/mol. The van der Waals surface area contributed by atoms with Gasteiger partial charge in [0.1, 0.15) is 11.9 Å². The van der Waals surface area contributed by atoms with Crippen molar-refractivity contribution >= 4 is 11.8 Å². The number of amides is 2. The van der Waals surface area contributed by atoms with Gasteiger partial charge in [-0.25, -0.2) is 9.07 Å². The predicted octanol–water partition coefficient (Wildman–Crippen LogP) is 3.00. The lowest BCUT2D eigenvalue weighted by Gasteiger charge is -2.26. The molecule has 0 aliphatic heterocycles. The Kier molecular flexibility index (Phi) is 6.34. The lowest BCUT2D eigenvalue weighted by atomic mass is 10.0. The highest BCUT2D eigenvalue weighted by atomic mass is 19.4. The van der Waals surface area contributed by atoms with E-state index in [0.717, 1.165) is 47.0 Å². The number of primary amides is 1. The minimum atomic E-state index is -4.72. The number of aromatic nitrogens is 2. The van der Waals surface area contributed by atoms with Crippen molar-refractivity contribution in [3.63, 3.8) is 0 Å². The smallest absolute Gasteiger partial charge is 0.368 e. The molecule has 3 aromatic rings. The van der Waals surface area contributed by atoms with E-state index >= 15 is 0 Å². The van der Waals surface area contributed by atoms with Gasteiger partial charge in [-0.05, 0) is 36.8 Å². The number of halogens is 4. The average Bonchev–Trinajstić information content (AvgIpc) is 2.72. The molecule has 172 valence electrons. The van der Waals surface area contributed by atoms with Gasteiger partial charge in [0, 0.05) is 18.8 Å². The third-order valence-electron chi connectivity index (χ3n) is 4.89. The highest BCUT2D eigenvalue weighted by molar-refractivity contribution is 5.96. The van der Waals surface area contributed by atoms with Crippen molar-refractivity contribution in [2.75, 3.05) is 7.05 Å². The molecule has 1 heterocycles. The molecule has 0 spiro atoms. The summed E-state index contributed by atoms with van der Waals surface area (Å²) in [7, 11) is 1.15. The van der Waals surface area contributed by atoms with Gasteiger partial charge in [0.15, 0.2) is 5.69 Å². The van der Waals surface area contributed by atoms with Crippen LogP contribution in [-0.2, 0) is 11.0 Å². The minimum absolute atomic E-state index is 0.0486. The summed E-state index contributed by atoms with van der Waals surface area (Å²) in [5.74, 6) is -2.77. The number of aryl methyl sites for hydroxylation is 1. The number of nitrogens with zero attached hydrogens (tertiary/aromatic N) is 3. The van der Waals surface area contributed by atoms with Crippen molar-refractivity contribution in [2.24, 2.45) is 5.73 Å². The summed E-state index contributed by atoms with van der Waals surface area (Å²) < 4.78 is 54.9. The maximum Gasteiger partial charge on any atom is 0.418 e. The minimum Gasteiger partial charge on any atom is -0.368 e. The number of alkyl halides is 3. The van der Waals surface area contributed by atoms with Crippen molar-refractivity contribution in [3.8, 4) is 5.69 Å². The fourth-order valence-electron chi connectivity index (χ4n) is 3.38. The maximum absolute atomic E-state index is 13.6. The number of likely N-dealkylation sites (N-methyl/N-ethyl adjacent to an activating group) is 1. The highest BCUT2D eigenvalue weighted by Crippen LogP contribution is 2.33. The Hall–Kier alpha value is -4.02. The number of benzene rings is 2. The van der Waals surface area contributed by atoms with E-state index in [0.29, 0.717) is 0 Å². The van der Waals surface area contributed by atoms with Crippen LogP contribution in [0, 0.1) is 12.7 Å². The summed E-state index contributed by atoms with van der Waals surface area (Å²) in [5, 5.41) is 3.88. The first-order valence-corrected chi connectivity index (χ1v) is 9.51. The van der Waals surface area contributed by atoms with Crippen molar-refractivity contribution in [1.29, 1.82) is 0 Å². The van der Waals surface area contributed by atoms with Crippen LogP contribution in [0.15, 0.2) is 59.4 Å². The fraction of sp³-hybridized carbons (Fsp3) is 0.182. The van der Waals surface area contributed by atoms with E-state index in [-0.39, 0.29) is 11.3 Å². The fourth-order valence-corrected chi connectivity index (χ4v) is 3.38. The second-order valence-corrected chi connectivity index (χ2v) is 7.20. The van der Waals surface area contributed by atoms with E-state index < -0.39 is 52.2 Å². The van der Waals surface area contributed by atoms with Crippen LogP contribution in [0.25, 0.3) is 5.69 Å². The maximum atomic E-state index is 13.6. The third kappa shape index (κ3) is 4.76. The largest absolute Gasteiger partial charge is 0.418 e. The molecule has 0 aliphatic carbocycles. The topological polar surface area (TPSA) is 98.3 Å². The van der Waals surface area contributed by atoms with Crippen LogP contribution in [0.2, 0.25) is 0 Å². The summed E-state index contributed by atoms with van der Waals surface area (Å²) >= 11 is 0. The van der Waals surface area contributed by atoms with Gasteiger partial charge in [0.05, 0.1) is 11.3 Å². The molecule has 0 saturated heterocycles. The van der Waals surface area contributed by atoms with E-state index in [1.165, 1.54) is 31.2 Å². The molecule has 2 aromatic carbocycles. The van der Waals surface area contributed by atoms with E-state index in [2.05, 4.69) is 5.10 Å². The molecule has 1 atom stereocenters. The zero-order valence-corrected chi connectivity index (χ0v) is 17.4. The van der Waals surface area contributed by atoms with Crippen LogP contribution >= 0.6 is 0 Å². The zero-order chi connectivity index (χ0) is 24.5. The Labute approximate surface area is 185 Å². The van der Waals surface area contributed by atoms with Gasteiger partial charge in [-0.2, -0.15) is 18.3 Å². The summed E-state index contributed by atoms with van der Waals surface area (Å²) in [6, 6.07) is 8.84. The van der Waals surface area contributed by atoms with Crippen molar-refractivity contribution in [1.82, 2.24) is 14.7 Å². The SMILES string of the molecule is Cc1cc(=O)c(C(=O)N(C)C(C(N)=O)c2cccc(F)c2)nn1-c1ccccc1C(F)(F)F. The molecule has 0 radical (unpaired) electrons. The van der Waals surface area contributed by atoms with Crippen LogP contribution in [0.4, 0.5) is 17.6 Å². The molecule has 33 heavy (non-hydrogen) atoms. The van der Waals surface area contributed by atoms with Crippen LogP contribution in [0.1, 0.15) is 33.4 Å². The molecule has 0 saturated carbocycles. The summed E-state index contributed by atoms with van der Waals surface area (Å²) in [6.07, 6.45) is -4.72. The molecule has 0 aliphatic rings. The second kappa shape index (κ2) is 8.85. The van der Waals surface area contributed by atoms with Gasteiger partial charge in [0.2, 0.25) is 11.3 Å². The van der Waals surface area contributed by atoms with E-state index in [1.807, 2.05) is 0 Å². The molecule has 1 unspecified atom stereocenters. The summed E-state index contributed by atoms with van der Waals surface area (Å²) in [5.41, 5.74) is 2.48. The van der Waals surface area contributed by atoms with Gasteiger partial charge >= 0.3 is 6.18 Å². The predicted molar refractivity (Wildman–Crippen MR) is 110 cm³/mol. The number of hydrogen-bond acceptors (Lipinski definition) is 4. The molecule has 0 bridgehead atoms. The van der Waals surface area contributed by atoms with Crippen molar-refractivity contribution in [3.05, 3.63) is 93.2 Å². The Morgan fingerprint density at radius 3 is 2.36 bits per heavy atom. The Morgan fingerprint density at radius 1 is 1.09 bits per heavy atom. The van der Waals surface area contributed by atoms with Crippen molar-refractivity contribution in [2.45, 2.75) is 19.1 Å². The van der Waals surface area contributed by atoms with Crippen LogP contribution in [-0.4, -0.2) is 33.5 Å². The first kappa shape index (κ1) is 23.6. The molecule has 0 fully saturated rings. The second-order valence-electron chi connectivity index (χ2n) is 7.20. The first-order valence-electron chi connectivity index (χ1n) is 9.51. The molecule has 1 aromatic heterocycles. The van der Waals surface area contributed by atoms with E-state index in [1.54, 1.807) is 0 Å². The van der Waals surface area contributed by atoms with Gasteiger partial charge < -0.3 is 10.6 Å². The van der Waals surface area contributed by atoms with Gasteiger partial charge in [0.25, 0.3) is 5.91 Å². The lowest BCUT2D eigenvalue weighted by molar-refractivity contribution is -0.137. The standard InChI is InChI=1S/C22H18F4N4O3/c1-12-10-17(31)18(28-30(12)16-9-4-3-8-15(16)22(24,25)26)21(33)29(2)19(20(27)32)13-6-5-7-14(23)11-13/h3-11,19H,1-2H3,(H2,27,32). The highest BCUT2D eigenvalue weighted by Gasteiger charge is 2.35. The number of carbonyl (C=O) groups excluding carboxylic acids is 2. The van der Waals surface area contributed by atoms with E-state index in [4.69, 9.17) is 5.73 Å². The summed E-state index contributed by atoms with van der Waals surface area (Å²) in [4.78, 5) is 38.4. The first-order chi connectivity index (χ1) is 15.4. The molecule has 2 amide bonds. The van der Waals surface area contributed by atoms with Crippen LogP contribution in [0.3, 0.4) is 0 Å². The molecule has 7 nitrogen and oxygen atoms in total. The molecular formula is C22H18F4N4O3. The van der Waals surface area contributed by atoms with Crippen LogP contribution < -0.4 is 11.2 Å². The monoisotopic (exact) mass is 462 g/mol. The Balaban J connectivity index is 2.12. The summed E-state index contributed by atoms with van der Waals surface area (Å²) in [6.45, 7) is 1.36. The molecule has 3 rings (SSSR count). The Bertz CT molecular complexity index is 1290. The van der Waals surface area contributed by atoms with Crippen LogP contribution in [0.5, 0.6) is 0 Å². The number of hydrogen-bond donors (Lipinski definition) is 1. The van der Waals surface area contributed by atoms with Crippen molar-refractivity contribution < 1.29 is 27.2 Å². The van der Waals surface area contributed by atoms with Gasteiger partial charge in [-0.1, -0.05) is 24.3 Å². The normalized spacial score (nSPS) is 12.3. The molecule has 2 N–H and O–H groups in total. The quantitative estimate of drug-likeness (QED) is 0.590.